The maximum absolute atomic E-state index is 13.3. The summed E-state index contributed by atoms with van der Waals surface area (Å²) in [5.41, 5.74) is 1.04. The van der Waals surface area contributed by atoms with Gasteiger partial charge in [-0.2, -0.15) is 0 Å². The summed E-state index contributed by atoms with van der Waals surface area (Å²) in [5.74, 6) is -0.410. The van der Waals surface area contributed by atoms with Crippen LogP contribution in [0.2, 0.25) is 0 Å². The van der Waals surface area contributed by atoms with E-state index in [4.69, 9.17) is 9.84 Å². The second-order valence-electron chi connectivity index (χ2n) is 5.80. The van der Waals surface area contributed by atoms with E-state index in [9.17, 15) is 9.18 Å². The van der Waals surface area contributed by atoms with E-state index in [1.165, 1.54) is 6.07 Å². The van der Waals surface area contributed by atoms with Crippen molar-refractivity contribution in [1.29, 1.82) is 0 Å². The van der Waals surface area contributed by atoms with Crippen molar-refractivity contribution < 1.29 is 19.0 Å². The molecule has 1 aromatic rings. The maximum Gasteiger partial charge on any atom is 0.223 e. The van der Waals surface area contributed by atoms with Crippen LogP contribution in [0.25, 0.3) is 0 Å². The summed E-state index contributed by atoms with van der Waals surface area (Å²) in [4.78, 5) is 12.3. The van der Waals surface area contributed by atoms with E-state index in [0.717, 1.165) is 31.2 Å². The zero-order valence-corrected chi connectivity index (χ0v) is 13.0. The summed E-state index contributed by atoms with van der Waals surface area (Å²) in [5, 5.41) is 12.0. The van der Waals surface area contributed by atoms with Crippen LogP contribution in [0.4, 0.5) is 4.39 Å². The molecule has 1 heterocycles. The van der Waals surface area contributed by atoms with Crippen molar-refractivity contribution in [1.82, 2.24) is 5.32 Å². The summed E-state index contributed by atoms with van der Waals surface area (Å²) in [6, 6.07) is 4.52. The fourth-order valence-electron chi connectivity index (χ4n) is 2.83. The highest BCUT2D eigenvalue weighted by molar-refractivity contribution is 5.78. The quantitative estimate of drug-likeness (QED) is 0.849. The van der Waals surface area contributed by atoms with Crippen molar-refractivity contribution in [2.75, 3.05) is 6.61 Å². The topological polar surface area (TPSA) is 58.6 Å². The summed E-state index contributed by atoms with van der Waals surface area (Å²) >= 11 is 0. The Hall–Kier alpha value is -1.46. The molecule has 0 bridgehead atoms. The van der Waals surface area contributed by atoms with E-state index in [-0.39, 0.29) is 30.1 Å². The van der Waals surface area contributed by atoms with Gasteiger partial charge in [-0.15, -0.1) is 0 Å². The van der Waals surface area contributed by atoms with Crippen molar-refractivity contribution in [2.45, 2.75) is 51.9 Å². The van der Waals surface area contributed by atoms with Crippen LogP contribution in [0.15, 0.2) is 18.2 Å². The Morgan fingerprint density at radius 3 is 3.05 bits per heavy atom. The molecule has 1 saturated heterocycles. The van der Waals surface area contributed by atoms with Gasteiger partial charge >= 0.3 is 0 Å². The summed E-state index contributed by atoms with van der Waals surface area (Å²) in [7, 11) is 0. The zero-order valence-electron chi connectivity index (χ0n) is 13.0. The van der Waals surface area contributed by atoms with Gasteiger partial charge in [0.15, 0.2) is 0 Å². The molecular weight excluding hydrogens is 285 g/mol. The SMILES string of the molecule is CCCC1CC(C(=O)NCc2ccc(F)c(CO)c2)CCO1. The van der Waals surface area contributed by atoms with E-state index < -0.39 is 5.82 Å². The number of carbonyl (C=O) groups is 1. The molecule has 5 heteroatoms. The minimum Gasteiger partial charge on any atom is -0.392 e. The maximum atomic E-state index is 13.3. The van der Waals surface area contributed by atoms with Crippen LogP contribution in [0, 0.1) is 11.7 Å². The van der Waals surface area contributed by atoms with Gasteiger partial charge in [0.1, 0.15) is 5.82 Å². The Kier molecular flexibility index (Phi) is 6.34. The normalized spacial score (nSPS) is 21.6. The highest BCUT2D eigenvalue weighted by Gasteiger charge is 2.27. The van der Waals surface area contributed by atoms with Gasteiger partial charge in [-0.25, -0.2) is 4.39 Å². The number of aliphatic hydroxyl groups excluding tert-OH is 1. The van der Waals surface area contributed by atoms with Gasteiger partial charge < -0.3 is 15.2 Å². The number of hydrogen-bond acceptors (Lipinski definition) is 3. The molecule has 1 fully saturated rings. The van der Waals surface area contributed by atoms with Gasteiger partial charge in [-0.1, -0.05) is 19.4 Å². The first kappa shape index (κ1) is 16.9. The third-order valence-electron chi connectivity index (χ3n) is 4.10. The van der Waals surface area contributed by atoms with Gasteiger partial charge in [-0.3, -0.25) is 4.79 Å². The Morgan fingerprint density at radius 2 is 2.32 bits per heavy atom. The van der Waals surface area contributed by atoms with Gasteiger partial charge in [0.25, 0.3) is 0 Å². The molecule has 0 spiro atoms. The Labute approximate surface area is 130 Å². The number of benzene rings is 1. The predicted octanol–water partition coefficient (Wildman–Crippen LogP) is 2.53. The molecule has 2 unspecified atom stereocenters. The second-order valence-corrected chi connectivity index (χ2v) is 5.80. The number of halogens is 1. The average molecular weight is 309 g/mol. The molecule has 2 rings (SSSR count). The zero-order chi connectivity index (χ0) is 15.9. The molecule has 2 N–H and O–H groups in total. The van der Waals surface area contributed by atoms with Crippen molar-refractivity contribution in [2.24, 2.45) is 5.92 Å². The van der Waals surface area contributed by atoms with Crippen LogP contribution in [0.5, 0.6) is 0 Å². The smallest absolute Gasteiger partial charge is 0.223 e. The lowest BCUT2D eigenvalue weighted by Gasteiger charge is -2.28. The molecule has 22 heavy (non-hydrogen) atoms. The fraction of sp³-hybridized carbons (Fsp3) is 0.588. The third-order valence-corrected chi connectivity index (χ3v) is 4.10. The molecule has 4 nitrogen and oxygen atoms in total. The number of rotatable bonds is 6. The number of amides is 1. The lowest BCUT2D eigenvalue weighted by Crippen LogP contribution is -2.37. The van der Waals surface area contributed by atoms with E-state index in [1.54, 1.807) is 12.1 Å². The van der Waals surface area contributed by atoms with Crippen LogP contribution in [0.3, 0.4) is 0 Å². The summed E-state index contributed by atoms with van der Waals surface area (Å²) in [6.45, 7) is 2.75. The lowest BCUT2D eigenvalue weighted by molar-refractivity contribution is -0.130. The molecule has 122 valence electrons. The van der Waals surface area contributed by atoms with Crippen molar-refractivity contribution in [3.8, 4) is 0 Å². The first-order chi connectivity index (χ1) is 10.6. The standard InChI is InChI=1S/C17H24FNO3/c1-2-3-15-9-13(6-7-22-15)17(21)19-10-12-4-5-16(18)14(8-12)11-20/h4-5,8,13,15,20H,2-3,6-7,9-11H2,1H3,(H,19,21). The molecule has 0 saturated carbocycles. The Balaban J connectivity index is 1.87. The number of nitrogens with one attached hydrogen (secondary N) is 1. The number of hydrogen-bond donors (Lipinski definition) is 2. The molecular formula is C17H24FNO3. The first-order valence-corrected chi connectivity index (χ1v) is 7.91. The first-order valence-electron chi connectivity index (χ1n) is 7.91. The second kappa shape index (κ2) is 8.25. The van der Waals surface area contributed by atoms with Gasteiger partial charge in [0, 0.05) is 24.6 Å². The highest BCUT2D eigenvalue weighted by atomic mass is 19.1. The van der Waals surface area contributed by atoms with Crippen LogP contribution in [-0.4, -0.2) is 23.7 Å². The lowest BCUT2D eigenvalue weighted by atomic mass is 9.92. The number of carbonyl (C=O) groups excluding carboxylic acids is 1. The van der Waals surface area contributed by atoms with Crippen LogP contribution >= 0.6 is 0 Å². The van der Waals surface area contributed by atoms with E-state index in [0.29, 0.717) is 13.2 Å². The number of aliphatic hydroxyl groups is 1. The summed E-state index contributed by atoms with van der Waals surface area (Å²) in [6.07, 6.45) is 3.74. The van der Waals surface area contributed by atoms with Crippen molar-refractivity contribution in [3.63, 3.8) is 0 Å². The van der Waals surface area contributed by atoms with Crippen molar-refractivity contribution in [3.05, 3.63) is 35.1 Å². The van der Waals surface area contributed by atoms with Crippen LogP contribution in [0.1, 0.15) is 43.7 Å². The number of ether oxygens (including phenoxy) is 1. The minimum atomic E-state index is -0.426. The molecule has 0 aromatic heterocycles. The Morgan fingerprint density at radius 1 is 1.50 bits per heavy atom. The monoisotopic (exact) mass is 309 g/mol. The molecule has 1 aliphatic rings. The van der Waals surface area contributed by atoms with E-state index in [2.05, 4.69) is 12.2 Å². The highest BCUT2D eigenvalue weighted by Crippen LogP contribution is 2.23. The fourth-order valence-corrected chi connectivity index (χ4v) is 2.83. The summed E-state index contributed by atoms with van der Waals surface area (Å²) < 4.78 is 19.0. The molecule has 1 aliphatic heterocycles. The van der Waals surface area contributed by atoms with Gasteiger partial charge in [-0.05, 0) is 37.0 Å². The minimum absolute atomic E-state index is 0.0111. The predicted molar refractivity (Wildman–Crippen MR) is 81.5 cm³/mol. The van der Waals surface area contributed by atoms with Gasteiger partial charge in [0.2, 0.25) is 5.91 Å². The third kappa shape index (κ3) is 4.52. The van der Waals surface area contributed by atoms with Crippen LogP contribution < -0.4 is 5.32 Å². The average Bonchev–Trinajstić information content (AvgIpc) is 2.54. The molecule has 1 amide bonds. The molecule has 0 aliphatic carbocycles. The van der Waals surface area contributed by atoms with Gasteiger partial charge in [0.05, 0.1) is 12.7 Å². The largest absolute Gasteiger partial charge is 0.392 e. The van der Waals surface area contributed by atoms with Crippen molar-refractivity contribution >= 4 is 5.91 Å². The molecule has 1 aromatic carbocycles. The van der Waals surface area contributed by atoms with Crippen LogP contribution in [-0.2, 0) is 22.7 Å². The molecule has 0 radical (unpaired) electrons. The van der Waals surface area contributed by atoms with E-state index >= 15 is 0 Å². The Bertz CT molecular complexity index is 505. The van der Waals surface area contributed by atoms with E-state index in [1.807, 2.05) is 0 Å². The molecule has 2 atom stereocenters.